The van der Waals surface area contributed by atoms with Gasteiger partial charge >= 0.3 is 0 Å². The summed E-state index contributed by atoms with van der Waals surface area (Å²) in [6.45, 7) is 6.00. The predicted octanol–water partition coefficient (Wildman–Crippen LogP) is 2.41. The molecule has 0 aliphatic heterocycles. The second-order valence-corrected chi connectivity index (χ2v) is 12.1. The number of Topliss-reactive ketones (excluding diaryl/α,β-unsaturated/α-hetero) is 2. The second kappa shape index (κ2) is 9.41. The summed E-state index contributed by atoms with van der Waals surface area (Å²) in [5, 5.41) is 46.8. The number of hydrogen-bond acceptors (Lipinski definition) is 9. The third kappa shape index (κ3) is 4.54. The van der Waals surface area contributed by atoms with E-state index in [1.807, 2.05) is 20.8 Å². The molecule has 210 valence electrons. The van der Waals surface area contributed by atoms with Crippen LogP contribution in [0.4, 0.5) is 11.4 Å². The van der Waals surface area contributed by atoms with Crippen molar-refractivity contribution in [3.05, 3.63) is 39.9 Å². The maximum absolute atomic E-state index is 13.9. The van der Waals surface area contributed by atoms with Gasteiger partial charge in [-0.3, -0.25) is 19.2 Å². The molecule has 0 radical (unpaired) electrons. The number of primary amides is 1. The summed E-state index contributed by atoms with van der Waals surface area (Å²) in [5.74, 6) is -7.30. The number of amides is 2. The number of fused-ring (bicyclic) bond motifs is 3. The molecule has 0 spiro atoms. The summed E-state index contributed by atoms with van der Waals surface area (Å²) in [6, 6.07) is 1.59. The van der Waals surface area contributed by atoms with Crippen molar-refractivity contribution < 1.29 is 39.6 Å². The molecule has 1 aromatic rings. The number of phenols is 1. The van der Waals surface area contributed by atoms with E-state index in [-0.39, 0.29) is 53.8 Å². The minimum Gasteiger partial charge on any atom is -0.511 e. The molecule has 0 unspecified atom stereocenters. The number of aliphatic hydroxyl groups excluding tert-OH is 2. The number of benzene rings is 1. The molecular formula is C28H35N3O8. The zero-order valence-corrected chi connectivity index (χ0v) is 22.7. The normalized spacial score (nSPS) is 24.7. The number of rotatable bonds is 5. The van der Waals surface area contributed by atoms with Crippen molar-refractivity contribution in [1.82, 2.24) is 0 Å². The SMILES string of the molecule is CN(C)c1cc(NC(=O)CCC(C)(C)C)c(O)c2c1C[C@H]1C[C@H]3CC(O)=C(C(N)=O)C(=O)[C@@]3(O)C(O)=C1C2=O. The smallest absolute Gasteiger partial charge is 0.255 e. The molecule has 0 heterocycles. The number of phenolic OH excluding ortho intramolecular Hbond substituents is 1. The quantitative estimate of drug-likeness (QED) is 0.240. The average molecular weight is 542 g/mol. The molecule has 0 bridgehead atoms. The van der Waals surface area contributed by atoms with Crippen LogP contribution in [0.5, 0.6) is 5.75 Å². The van der Waals surface area contributed by atoms with Gasteiger partial charge in [-0.1, -0.05) is 20.8 Å². The summed E-state index contributed by atoms with van der Waals surface area (Å²) in [5.41, 5.74) is 2.38. The van der Waals surface area contributed by atoms with E-state index in [0.29, 0.717) is 17.7 Å². The van der Waals surface area contributed by atoms with E-state index in [4.69, 9.17) is 5.73 Å². The topological polar surface area (TPSA) is 190 Å². The molecule has 7 N–H and O–H groups in total. The number of hydrogen-bond donors (Lipinski definition) is 6. The summed E-state index contributed by atoms with van der Waals surface area (Å²) >= 11 is 0. The van der Waals surface area contributed by atoms with Crippen LogP contribution in [0.3, 0.4) is 0 Å². The Labute approximate surface area is 226 Å². The first-order valence-electron chi connectivity index (χ1n) is 12.8. The van der Waals surface area contributed by atoms with Crippen molar-refractivity contribution >= 4 is 34.8 Å². The van der Waals surface area contributed by atoms with E-state index >= 15 is 0 Å². The number of nitrogens with two attached hydrogens (primary N) is 1. The molecule has 1 aromatic carbocycles. The van der Waals surface area contributed by atoms with Crippen LogP contribution in [0, 0.1) is 17.3 Å². The summed E-state index contributed by atoms with van der Waals surface area (Å²) in [6.07, 6.45) is 0.714. The zero-order valence-electron chi connectivity index (χ0n) is 22.7. The number of nitrogens with zero attached hydrogens (tertiary/aromatic N) is 1. The number of nitrogens with one attached hydrogen (secondary N) is 1. The van der Waals surface area contributed by atoms with E-state index in [1.54, 1.807) is 25.1 Å². The van der Waals surface area contributed by atoms with Crippen LogP contribution in [-0.2, 0) is 20.8 Å². The minimum absolute atomic E-state index is 0.0215. The van der Waals surface area contributed by atoms with Crippen LogP contribution in [0.1, 0.15) is 62.4 Å². The van der Waals surface area contributed by atoms with E-state index < -0.39 is 57.8 Å². The van der Waals surface area contributed by atoms with Gasteiger partial charge in [0.05, 0.1) is 11.3 Å². The van der Waals surface area contributed by atoms with Gasteiger partial charge in [0.25, 0.3) is 5.91 Å². The monoisotopic (exact) mass is 541 g/mol. The Bertz CT molecular complexity index is 1370. The fraction of sp³-hybridized carbons (Fsp3) is 0.500. The fourth-order valence-electron chi connectivity index (χ4n) is 5.86. The van der Waals surface area contributed by atoms with Crippen LogP contribution in [0.25, 0.3) is 0 Å². The molecule has 11 nitrogen and oxygen atoms in total. The maximum atomic E-state index is 13.9. The molecule has 3 aliphatic carbocycles. The Kier molecular flexibility index (Phi) is 6.79. The molecule has 11 heteroatoms. The number of carbonyl (C=O) groups excluding carboxylic acids is 4. The number of carbonyl (C=O) groups is 4. The molecule has 0 fully saturated rings. The Morgan fingerprint density at radius 2 is 1.79 bits per heavy atom. The lowest BCUT2D eigenvalue weighted by atomic mass is 9.60. The second-order valence-electron chi connectivity index (χ2n) is 12.1. The van der Waals surface area contributed by atoms with E-state index in [9.17, 15) is 39.6 Å². The van der Waals surface area contributed by atoms with Crippen LogP contribution < -0.4 is 16.0 Å². The van der Waals surface area contributed by atoms with Gasteiger partial charge in [-0.25, -0.2) is 0 Å². The lowest BCUT2D eigenvalue weighted by Gasteiger charge is -2.45. The molecule has 3 atom stereocenters. The van der Waals surface area contributed by atoms with Gasteiger partial charge in [-0.2, -0.15) is 0 Å². The Morgan fingerprint density at radius 1 is 1.15 bits per heavy atom. The van der Waals surface area contributed by atoms with Crippen molar-refractivity contribution in [2.45, 2.75) is 58.5 Å². The average Bonchev–Trinajstić information content (AvgIpc) is 2.80. The van der Waals surface area contributed by atoms with Crippen LogP contribution in [0.15, 0.2) is 28.7 Å². The van der Waals surface area contributed by atoms with Crippen molar-refractivity contribution in [2.24, 2.45) is 23.0 Å². The summed E-state index contributed by atoms with van der Waals surface area (Å²) in [7, 11) is 3.50. The van der Waals surface area contributed by atoms with Crippen molar-refractivity contribution in [1.29, 1.82) is 0 Å². The lowest BCUT2D eigenvalue weighted by Crippen LogP contribution is -2.57. The van der Waals surface area contributed by atoms with Crippen LogP contribution >= 0.6 is 0 Å². The summed E-state index contributed by atoms with van der Waals surface area (Å²) in [4.78, 5) is 53.2. The molecule has 4 rings (SSSR count). The molecular weight excluding hydrogens is 506 g/mol. The van der Waals surface area contributed by atoms with Gasteiger partial charge < -0.3 is 36.4 Å². The van der Waals surface area contributed by atoms with Gasteiger partial charge in [0, 0.05) is 44.1 Å². The first-order chi connectivity index (χ1) is 18.0. The highest BCUT2D eigenvalue weighted by atomic mass is 16.3. The molecule has 0 aromatic heterocycles. The number of aromatic hydroxyl groups is 1. The molecule has 39 heavy (non-hydrogen) atoms. The lowest BCUT2D eigenvalue weighted by molar-refractivity contribution is -0.144. The Hall–Kier alpha value is -3.86. The number of anilines is 2. The van der Waals surface area contributed by atoms with Crippen LogP contribution in [-0.4, -0.2) is 63.5 Å². The zero-order chi connectivity index (χ0) is 29.2. The Balaban J connectivity index is 1.82. The van der Waals surface area contributed by atoms with Crippen molar-refractivity contribution in [3.8, 4) is 5.75 Å². The first kappa shape index (κ1) is 28.2. The van der Waals surface area contributed by atoms with Gasteiger partial charge in [0.15, 0.2) is 17.1 Å². The van der Waals surface area contributed by atoms with Gasteiger partial charge in [0.2, 0.25) is 11.7 Å². The van der Waals surface area contributed by atoms with Crippen molar-refractivity contribution in [2.75, 3.05) is 24.3 Å². The number of allylic oxidation sites excluding steroid dienone is 2. The fourth-order valence-corrected chi connectivity index (χ4v) is 5.86. The van der Waals surface area contributed by atoms with Gasteiger partial charge in [-0.15, -0.1) is 0 Å². The third-order valence-corrected chi connectivity index (χ3v) is 7.90. The number of ketones is 2. The highest BCUT2D eigenvalue weighted by Gasteiger charge is 2.59. The largest absolute Gasteiger partial charge is 0.511 e. The van der Waals surface area contributed by atoms with E-state index in [0.717, 1.165) is 0 Å². The maximum Gasteiger partial charge on any atom is 0.255 e. The first-order valence-corrected chi connectivity index (χ1v) is 12.8. The van der Waals surface area contributed by atoms with Crippen molar-refractivity contribution in [3.63, 3.8) is 0 Å². The van der Waals surface area contributed by atoms with Gasteiger partial charge in [0.1, 0.15) is 17.1 Å². The predicted molar refractivity (Wildman–Crippen MR) is 142 cm³/mol. The highest BCUT2D eigenvalue weighted by molar-refractivity contribution is 6.24. The van der Waals surface area contributed by atoms with E-state index in [1.165, 1.54) is 0 Å². The standard InChI is InChI=1S/C28H35N3O8/c1-27(2,3)7-6-18(33)30-15-11-16(31(4)5)14-9-12-8-13-10-17(32)21(26(29)38)25(37)28(13,39)24(36)19(12)23(35)20(14)22(15)34/h11-13,32,34,36,39H,6-10H2,1-5H3,(H2,29,38)(H,30,33)/t12-,13+,28+/m1/s1. The third-order valence-electron chi connectivity index (χ3n) is 7.90. The summed E-state index contributed by atoms with van der Waals surface area (Å²) < 4.78 is 0. The number of aliphatic hydroxyl groups is 3. The highest BCUT2D eigenvalue weighted by Crippen LogP contribution is 2.53. The molecule has 3 aliphatic rings. The van der Waals surface area contributed by atoms with E-state index in [2.05, 4.69) is 5.32 Å². The molecule has 2 amide bonds. The van der Waals surface area contributed by atoms with Gasteiger partial charge in [-0.05, 0) is 42.2 Å². The Morgan fingerprint density at radius 3 is 2.36 bits per heavy atom. The molecule has 0 saturated heterocycles. The minimum atomic E-state index is -2.63. The van der Waals surface area contributed by atoms with Crippen LogP contribution in [0.2, 0.25) is 0 Å². The molecule has 0 saturated carbocycles.